The molecule has 0 saturated carbocycles. The van der Waals surface area contributed by atoms with Gasteiger partial charge in [-0.3, -0.25) is 4.57 Å². The Labute approximate surface area is 295 Å². The summed E-state index contributed by atoms with van der Waals surface area (Å²) in [7, 11) is -7.55. The van der Waals surface area contributed by atoms with Gasteiger partial charge < -0.3 is 38.4 Å². The van der Waals surface area contributed by atoms with E-state index < -0.39 is 42.0 Å². The SMILES string of the molecule is CCCCOP(=O)(COc1ccc2c(c1)C(C)CN(C[C@@H](O)[C@H](Cc1ccccc1)NC(=O)O[C@H]1CO[C@H]3OCC[C@H]31)S2(=O)=O)OCCCC. The molecular formula is C35H51N2O11PS. The molecule has 50 heavy (non-hydrogen) atoms. The van der Waals surface area contributed by atoms with Crippen molar-refractivity contribution in [3.8, 4) is 5.75 Å². The normalized spacial score (nSPS) is 24.2. The van der Waals surface area contributed by atoms with Crippen LogP contribution in [-0.4, -0.2) is 94.3 Å². The van der Waals surface area contributed by atoms with E-state index >= 15 is 0 Å². The summed E-state index contributed by atoms with van der Waals surface area (Å²) in [6.07, 6.45) is 1.09. The Bertz CT molecular complexity index is 1550. The number of hydrogen-bond donors (Lipinski definition) is 2. The van der Waals surface area contributed by atoms with Gasteiger partial charge >= 0.3 is 13.7 Å². The zero-order valence-electron chi connectivity index (χ0n) is 29.1. The molecule has 278 valence electrons. The van der Waals surface area contributed by atoms with Crippen LogP contribution in [0.3, 0.4) is 0 Å². The molecule has 3 aliphatic heterocycles. The smallest absolute Gasteiger partial charge is 0.407 e. The largest absolute Gasteiger partial charge is 0.481 e. The van der Waals surface area contributed by atoms with Crippen molar-refractivity contribution < 1.29 is 50.9 Å². The molecule has 2 aromatic rings. The van der Waals surface area contributed by atoms with Crippen molar-refractivity contribution in [2.24, 2.45) is 5.92 Å². The molecule has 1 amide bonds. The number of β-amino-alcohol motifs (C(OH)–C–C–N with tert-alkyl or cyclic N) is 1. The quantitative estimate of drug-likeness (QED) is 0.149. The van der Waals surface area contributed by atoms with Crippen LogP contribution in [-0.2, 0) is 44.3 Å². The van der Waals surface area contributed by atoms with E-state index in [-0.39, 0.29) is 55.5 Å². The van der Waals surface area contributed by atoms with E-state index in [4.69, 9.17) is 28.0 Å². The van der Waals surface area contributed by atoms with Crippen molar-refractivity contribution in [1.82, 2.24) is 9.62 Å². The second-order valence-corrected chi connectivity index (χ2v) is 17.1. The number of rotatable bonds is 18. The number of sulfonamides is 1. The maximum Gasteiger partial charge on any atom is 0.407 e. The van der Waals surface area contributed by atoms with Gasteiger partial charge in [0.25, 0.3) is 0 Å². The molecule has 0 aliphatic carbocycles. The van der Waals surface area contributed by atoms with E-state index in [0.29, 0.717) is 31.1 Å². The van der Waals surface area contributed by atoms with E-state index in [1.165, 1.54) is 16.4 Å². The topological polar surface area (TPSA) is 159 Å². The van der Waals surface area contributed by atoms with Crippen LogP contribution in [0, 0.1) is 5.92 Å². The van der Waals surface area contributed by atoms with Crippen LogP contribution in [0.5, 0.6) is 5.75 Å². The fraction of sp³-hybridized carbons (Fsp3) is 0.629. The Kier molecular flexibility index (Phi) is 13.8. The number of carbonyl (C=O) groups is 1. The van der Waals surface area contributed by atoms with Crippen molar-refractivity contribution in [3.63, 3.8) is 0 Å². The molecule has 1 unspecified atom stereocenters. The minimum atomic E-state index is -4.02. The van der Waals surface area contributed by atoms with Gasteiger partial charge in [-0.1, -0.05) is 63.9 Å². The van der Waals surface area contributed by atoms with E-state index in [9.17, 15) is 22.9 Å². The number of carbonyl (C=O) groups excluding carboxylic acids is 1. The predicted molar refractivity (Wildman–Crippen MR) is 186 cm³/mol. The molecule has 0 spiro atoms. The van der Waals surface area contributed by atoms with Crippen molar-refractivity contribution in [1.29, 1.82) is 0 Å². The number of aliphatic hydroxyl groups is 1. The summed E-state index contributed by atoms with van der Waals surface area (Å²) >= 11 is 0. The maximum absolute atomic E-state index is 13.9. The van der Waals surface area contributed by atoms with E-state index in [2.05, 4.69) is 5.32 Å². The van der Waals surface area contributed by atoms with Gasteiger partial charge in [-0.05, 0) is 60.9 Å². The van der Waals surface area contributed by atoms with Crippen LogP contribution in [0.2, 0.25) is 0 Å². The zero-order chi connectivity index (χ0) is 35.7. The van der Waals surface area contributed by atoms with Gasteiger partial charge in [-0.15, -0.1) is 0 Å². The lowest BCUT2D eigenvalue weighted by Gasteiger charge is -2.35. The van der Waals surface area contributed by atoms with Crippen LogP contribution in [0.4, 0.5) is 4.79 Å². The Hall–Kier alpha value is -2.55. The lowest BCUT2D eigenvalue weighted by molar-refractivity contribution is -0.0907. The Morgan fingerprint density at radius 3 is 2.50 bits per heavy atom. The lowest BCUT2D eigenvalue weighted by Crippen LogP contribution is -2.52. The third-order valence-electron chi connectivity index (χ3n) is 9.27. The van der Waals surface area contributed by atoms with Gasteiger partial charge in [-0.2, -0.15) is 4.31 Å². The summed E-state index contributed by atoms with van der Waals surface area (Å²) in [5.74, 6) is 0.0468. The highest BCUT2D eigenvalue weighted by Gasteiger charge is 2.44. The number of fused-ring (bicyclic) bond motifs is 2. The number of nitrogens with one attached hydrogen (secondary N) is 1. The molecule has 5 rings (SSSR count). The first-order valence-corrected chi connectivity index (χ1v) is 20.8. The molecule has 0 radical (unpaired) electrons. The molecule has 15 heteroatoms. The third-order valence-corrected chi connectivity index (χ3v) is 12.8. The van der Waals surface area contributed by atoms with Crippen molar-refractivity contribution in [2.45, 2.75) is 94.6 Å². The Morgan fingerprint density at radius 1 is 1.08 bits per heavy atom. The van der Waals surface area contributed by atoms with Crippen molar-refractivity contribution in [3.05, 3.63) is 59.7 Å². The molecule has 6 atom stereocenters. The fourth-order valence-electron chi connectivity index (χ4n) is 6.37. The average Bonchev–Trinajstić information content (AvgIpc) is 3.72. The fourth-order valence-corrected chi connectivity index (χ4v) is 9.56. The lowest BCUT2D eigenvalue weighted by atomic mass is 9.99. The first-order chi connectivity index (χ1) is 24.0. The Morgan fingerprint density at radius 2 is 1.80 bits per heavy atom. The van der Waals surface area contributed by atoms with Crippen LogP contribution in [0.15, 0.2) is 53.4 Å². The van der Waals surface area contributed by atoms with E-state index in [1.807, 2.05) is 51.1 Å². The number of ether oxygens (including phenoxy) is 4. The van der Waals surface area contributed by atoms with Crippen molar-refractivity contribution >= 4 is 23.7 Å². The summed E-state index contributed by atoms with van der Waals surface area (Å²) in [6.45, 7) is 7.11. The molecule has 2 N–H and O–H groups in total. The summed E-state index contributed by atoms with van der Waals surface area (Å²) in [6, 6.07) is 13.1. The van der Waals surface area contributed by atoms with Crippen LogP contribution >= 0.6 is 7.60 Å². The molecule has 2 saturated heterocycles. The number of unbranched alkanes of at least 4 members (excludes halogenated alkanes) is 2. The minimum absolute atomic E-state index is 0.0491. The van der Waals surface area contributed by atoms with Gasteiger partial charge in [0.2, 0.25) is 10.0 Å². The van der Waals surface area contributed by atoms with Gasteiger partial charge in [0.05, 0.1) is 49.4 Å². The van der Waals surface area contributed by atoms with Crippen molar-refractivity contribution in [2.75, 3.05) is 45.9 Å². The van der Waals surface area contributed by atoms with E-state index in [1.54, 1.807) is 6.07 Å². The van der Waals surface area contributed by atoms with Crippen LogP contribution in [0.25, 0.3) is 0 Å². The molecule has 2 fully saturated rings. The second kappa shape index (κ2) is 17.8. The summed E-state index contributed by atoms with van der Waals surface area (Å²) < 4.78 is 76.3. The number of amides is 1. The predicted octanol–water partition coefficient (Wildman–Crippen LogP) is 5.42. The highest BCUT2D eigenvalue weighted by Crippen LogP contribution is 2.49. The number of nitrogens with zero attached hydrogens (tertiary/aromatic N) is 1. The standard InChI is InChI=1S/C35H51N2O11PS/c1-4-6-16-46-49(40,47-17-7-5-2)24-45-27-13-14-33-29(20-27)25(3)21-37(50(33,41)42)22-31(38)30(19-26-11-9-8-10-12-26)36-35(39)48-32-23-44-34-28(32)15-18-43-34/h8-14,20,25,28,30-32,34,38H,4-7,15-19,21-24H2,1-3H3,(H,36,39)/t25?,28-,30-,31+,32-,34+/m0/s1. The van der Waals surface area contributed by atoms with E-state index in [0.717, 1.165) is 37.7 Å². The first kappa shape index (κ1) is 38.7. The molecule has 3 aliphatic rings. The maximum atomic E-state index is 13.9. The highest BCUT2D eigenvalue weighted by atomic mass is 32.2. The number of benzene rings is 2. The molecule has 3 heterocycles. The van der Waals surface area contributed by atoms with Gasteiger partial charge in [0.15, 0.2) is 12.6 Å². The monoisotopic (exact) mass is 738 g/mol. The number of alkyl carbamates (subject to hydrolysis) is 1. The van der Waals surface area contributed by atoms with Gasteiger partial charge in [0.1, 0.15) is 11.9 Å². The highest BCUT2D eigenvalue weighted by molar-refractivity contribution is 7.89. The van der Waals surface area contributed by atoms with Gasteiger partial charge in [0, 0.05) is 13.1 Å². The molecule has 0 aromatic heterocycles. The molecular weight excluding hydrogens is 687 g/mol. The molecule has 13 nitrogen and oxygen atoms in total. The minimum Gasteiger partial charge on any atom is -0.481 e. The van der Waals surface area contributed by atoms with Crippen LogP contribution < -0.4 is 10.1 Å². The number of aliphatic hydroxyl groups excluding tert-OH is 1. The summed E-state index contributed by atoms with van der Waals surface area (Å²) in [5, 5.41) is 14.3. The zero-order valence-corrected chi connectivity index (χ0v) is 30.8. The average molecular weight is 739 g/mol. The summed E-state index contributed by atoms with van der Waals surface area (Å²) in [5.41, 5.74) is 1.41. The third kappa shape index (κ3) is 9.86. The summed E-state index contributed by atoms with van der Waals surface area (Å²) in [4.78, 5) is 13.2. The first-order valence-electron chi connectivity index (χ1n) is 17.6. The molecule has 0 bridgehead atoms. The number of hydrogen-bond acceptors (Lipinski definition) is 11. The second-order valence-electron chi connectivity index (χ2n) is 13.2. The van der Waals surface area contributed by atoms with Gasteiger partial charge in [-0.25, -0.2) is 13.2 Å². The Balaban J connectivity index is 1.26. The molecule has 2 aromatic carbocycles. The van der Waals surface area contributed by atoms with Crippen LogP contribution in [0.1, 0.15) is 69.9 Å².